The summed E-state index contributed by atoms with van der Waals surface area (Å²) in [6.45, 7) is 2.03. The molecule has 0 radical (unpaired) electrons. The molecule has 130 valence electrons. The number of nitrogens with zero attached hydrogens (tertiary/aromatic N) is 2. The number of rotatable bonds is 5. The predicted octanol–water partition coefficient (Wildman–Crippen LogP) is 3.64. The zero-order valence-electron chi connectivity index (χ0n) is 13.5. The Balaban J connectivity index is 0.00000225. The summed E-state index contributed by atoms with van der Waals surface area (Å²) in [4.78, 5) is 15.1. The van der Waals surface area contributed by atoms with Gasteiger partial charge in [-0.1, -0.05) is 38.6 Å². The Morgan fingerprint density at radius 2 is 2.00 bits per heavy atom. The second-order valence-electron chi connectivity index (χ2n) is 5.79. The van der Waals surface area contributed by atoms with Gasteiger partial charge in [-0.15, -0.1) is 0 Å². The van der Waals surface area contributed by atoms with Gasteiger partial charge < -0.3 is 14.7 Å². The minimum atomic E-state index is -0.143. The number of hydrogen-bond acceptors (Lipinski definition) is 3. The van der Waals surface area contributed by atoms with Crippen LogP contribution in [0.2, 0.25) is 0 Å². The van der Waals surface area contributed by atoms with E-state index in [4.69, 9.17) is 5.26 Å². The molecule has 0 aliphatic rings. The highest BCUT2D eigenvalue weighted by atomic mass is 16.3. The summed E-state index contributed by atoms with van der Waals surface area (Å²) in [5.41, 5.74) is 3.37. The van der Waals surface area contributed by atoms with Crippen LogP contribution in [0.1, 0.15) is 32.4 Å². The maximum Gasteiger partial charge on any atom is 0.258 e. The maximum atomic E-state index is 12.4. The molecule has 1 unspecified atom stereocenters. The average Bonchev–Trinajstić information content (AvgIpc) is 2.98. The zero-order chi connectivity index (χ0) is 17.1. The number of benzene rings is 1. The van der Waals surface area contributed by atoms with Gasteiger partial charge >= 0.3 is 0 Å². The van der Waals surface area contributed by atoms with Gasteiger partial charge in [0.05, 0.1) is 36.0 Å². The molecule has 0 aliphatic heterocycles. The molecular weight excluding hydrogens is 314 g/mol. The number of pyridine rings is 1. The predicted molar refractivity (Wildman–Crippen MR) is 100 cm³/mol. The van der Waals surface area contributed by atoms with Crippen molar-refractivity contribution < 1.29 is 5.11 Å². The van der Waals surface area contributed by atoms with Crippen LogP contribution in [0.25, 0.3) is 22.0 Å². The smallest absolute Gasteiger partial charge is 0.258 e. The molecule has 0 aliphatic carbocycles. The Hall–Kier alpha value is -2.84. The van der Waals surface area contributed by atoms with Crippen molar-refractivity contribution in [2.24, 2.45) is 0 Å². The number of aliphatic hydroxyl groups excluding tert-OH is 1. The number of aromatic amines is 1. The number of aliphatic hydroxyl groups is 1. The van der Waals surface area contributed by atoms with Gasteiger partial charge in [0.15, 0.2) is 0 Å². The lowest BCUT2D eigenvalue weighted by atomic mass is 10.0. The second kappa shape index (κ2) is 7.82. The van der Waals surface area contributed by atoms with Crippen molar-refractivity contribution in [2.45, 2.75) is 33.2 Å². The van der Waals surface area contributed by atoms with Crippen molar-refractivity contribution in [3.8, 4) is 17.2 Å². The highest BCUT2D eigenvalue weighted by Crippen LogP contribution is 2.31. The molecule has 3 aromatic rings. The average molecular weight is 337 g/mol. The van der Waals surface area contributed by atoms with Crippen molar-refractivity contribution in [3.63, 3.8) is 0 Å². The van der Waals surface area contributed by atoms with Crippen LogP contribution in [-0.4, -0.2) is 21.3 Å². The normalized spacial score (nSPS) is 11.7. The van der Waals surface area contributed by atoms with Crippen LogP contribution in [0.15, 0.2) is 47.5 Å². The van der Waals surface area contributed by atoms with Crippen LogP contribution in [0.4, 0.5) is 0 Å². The van der Waals surface area contributed by atoms with Crippen LogP contribution in [0, 0.1) is 11.3 Å². The lowest BCUT2D eigenvalue weighted by molar-refractivity contribution is 0.227. The van der Waals surface area contributed by atoms with Gasteiger partial charge in [0.1, 0.15) is 0 Å². The Labute approximate surface area is 147 Å². The summed E-state index contributed by atoms with van der Waals surface area (Å²) in [6, 6.07) is 11.6. The second-order valence-corrected chi connectivity index (χ2v) is 5.79. The fraction of sp³-hybridized carbons (Fsp3) is 0.300. The van der Waals surface area contributed by atoms with E-state index in [2.05, 4.69) is 11.1 Å². The molecule has 1 atom stereocenters. The lowest BCUT2D eigenvalue weighted by Gasteiger charge is -2.15. The highest BCUT2D eigenvalue weighted by Gasteiger charge is 2.17. The molecule has 25 heavy (non-hydrogen) atoms. The molecule has 0 saturated heterocycles. The van der Waals surface area contributed by atoms with Gasteiger partial charge in [-0.3, -0.25) is 4.79 Å². The molecule has 2 heterocycles. The van der Waals surface area contributed by atoms with E-state index in [0.717, 1.165) is 28.6 Å². The van der Waals surface area contributed by atoms with E-state index in [-0.39, 0.29) is 25.6 Å². The molecule has 0 fully saturated rings. The van der Waals surface area contributed by atoms with E-state index in [1.54, 1.807) is 6.20 Å². The number of H-pyrrole nitrogens is 1. The van der Waals surface area contributed by atoms with Crippen LogP contribution >= 0.6 is 0 Å². The SMILES string of the molecule is C.CCC(CO)n1cc(-c2ccc(CC#N)cc2)c2c(=O)[nH]ccc21. The van der Waals surface area contributed by atoms with E-state index in [0.29, 0.717) is 11.8 Å². The summed E-state index contributed by atoms with van der Waals surface area (Å²) in [6.07, 6.45) is 4.70. The summed E-state index contributed by atoms with van der Waals surface area (Å²) >= 11 is 0. The fourth-order valence-corrected chi connectivity index (χ4v) is 3.04. The molecule has 5 heteroatoms. The molecule has 3 rings (SSSR count). The first-order valence-electron chi connectivity index (χ1n) is 7.99. The Kier molecular flexibility index (Phi) is 5.79. The largest absolute Gasteiger partial charge is 0.394 e. The highest BCUT2D eigenvalue weighted by molar-refractivity contribution is 5.95. The summed E-state index contributed by atoms with van der Waals surface area (Å²) in [5.74, 6) is 0. The molecule has 5 nitrogen and oxygen atoms in total. The summed E-state index contributed by atoms with van der Waals surface area (Å²) < 4.78 is 1.98. The lowest BCUT2D eigenvalue weighted by Crippen LogP contribution is -2.12. The van der Waals surface area contributed by atoms with Gasteiger partial charge in [0, 0.05) is 18.0 Å². The summed E-state index contributed by atoms with van der Waals surface area (Å²) in [5, 5.41) is 19.0. The Morgan fingerprint density at radius 3 is 2.60 bits per heavy atom. The van der Waals surface area contributed by atoms with Crippen LogP contribution < -0.4 is 5.56 Å². The van der Waals surface area contributed by atoms with Crippen molar-refractivity contribution in [2.75, 3.05) is 6.61 Å². The third-order valence-corrected chi connectivity index (χ3v) is 4.38. The van der Waals surface area contributed by atoms with Crippen molar-refractivity contribution in [3.05, 3.63) is 58.6 Å². The number of nitriles is 1. The number of fused-ring (bicyclic) bond motifs is 1. The summed E-state index contributed by atoms with van der Waals surface area (Å²) in [7, 11) is 0. The molecule has 2 aromatic heterocycles. The quantitative estimate of drug-likeness (QED) is 0.745. The van der Waals surface area contributed by atoms with Gasteiger partial charge in [-0.05, 0) is 23.6 Å². The van der Waals surface area contributed by atoms with E-state index in [9.17, 15) is 9.90 Å². The van der Waals surface area contributed by atoms with E-state index >= 15 is 0 Å². The van der Waals surface area contributed by atoms with Crippen LogP contribution in [-0.2, 0) is 6.42 Å². The fourth-order valence-electron chi connectivity index (χ4n) is 3.04. The molecule has 0 bridgehead atoms. The number of aromatic nitrogens is 2. The minimum absolute atomic E-state index is 0. The zero-order valence-corrected chi connectivity index (χ0v) is 13.5. The molecule has 0 saturated carbocycles. The Morgan fingerprint density at radius 1 is 1.28 bits per heavy atom. The van der Waals surface area contributed by atoms with Crippen LogP contribution in [0.5, 0.6) is 0 Å². The number of nitrogens with one attached hydrogen (secondary N) is 1. The van der Waals surface area contributed by atoms with Crippen molar-refractivity contribution in [1.29, 1.82) is 5.26 Å². The molecule has 1 aromatic carbocycles. The molecule has 2 N–H and O–H groups in total. The topological polar surface area (TPSA) is 81.8 Å². The van der Waals surface area contributed by atoms with Gasteiger partial charge in [0.2, 0.25) is 0 Å². The third kappa shape index (κ3) is 3.35. The minimum Gasteiger partial charge on any atom is -0.394 e. The van der Waals surface area contributed by atoms with E-state index in [1.165, 1.54) is 0 Å². The Bertz CT molecular complexity index is 942. The van der Waals surface area contributed by atoms with Crippen molar-refractivity contribution >= 4 is 10.9 Å². The van der Waals surface area contributed by atoms with Gasteiger partial charge in [0.25, 0.3) is 5.56 Å². The van der Waals surface area contributed by atoms with Gasteiger partial charge in [-0.2, -0.15) is 5.26 Å². The standard InChI is InChI=1S/C19H19N3O2.CH4/c1-2-15(12-23)22-11-16(18-17(22)8-10-21-19(18)24)14-5-3-13(4-6-14)7-9-20;/h3-6,8,10-11,15,23H,2,7,12H2,1H3,(H,21,24);1H4. The first kappa shape index (κ1) is 18.5. The van der Waals surface area contributed by atoms with Crippen LogP contribution in [0.3, 0.4) is 0 Å². The third-order valence-electron chi connectivity index (χ3n) is 4.38. The first-order chi connectivity index (χ1) is 11.7. The molecule has 0 spiro atoms. The number of hydrogen-bond donors (Lipinski definition) is 2. The monoisotopic (exact) mass is 337 g/mol. The van der Waals surface area contributed by atoms with Crippen molar-refractivity contribution in [1.82, 2.24) is 9.55 Å². The molecule has 0 amide bonds. The van der Waals surface area contributed by atoms with Gasteiger partial charge in [-0.25, -0.2) is 0 Å². The first-order valence-corrected chi connectivity index (χ1v) is 7.99. The molecular formula is C20H23N3O2. The van der Waals surface area contributed by atoms with E-state index in [1.807, 2.05) is 48.0 Å². The maximum absolute atomic E-state index is 12.4. The van der Waals surface area contributed by atoms with E-state index < -0.39 is 0 Å².